The summed E-state index contributed by atoms with van der Waals surface area (Å²) in [7, 11) is 0. The number of hydrogen-bond acceptors (Lipinski definition) is 2. The maximum atomic E-state index is 5.97. The zero-order valence-corrected chi connectivity index (χ0v) is 12.0. The van der Waals surface area contributed by atoms with Crippen LogP contribution >= 0.6 is 23.2 Å². The Labute approximate surface area is 126 Å². The molecule has 0 radical (unpaired) electrons. The van der Waals surface area contributed by atoms with Crippen LogP contribution < -0.4 is 4.74 Å². The van der Waals surface area contributed by atoms with E-state index in [2.05, 4.69) is 4.98 Å². The topological polar surface area (TPSA) is 22.1 Å². The van der Waals surface area contributed by atoms with Crippen molar-refractivity contribution in [2.75, 3.05) is 0 Å². The number of nitrogens with zero attached hydrogens (tertiary/aromatic N) is 1. The third-order valence-corrected chi connectivity index (χ3v) is 3.41. The summed E-state index contributed by atoms with van der Waals surface area (Å²) in [6, 6.07) is 17.1. The molecule has 0 amide bonds. The highest BCUT2D eigenvalue weighted by Gasteiger charge is 2.08. The van der Waals surface area contributed by atoms with Gasteiger partial charge in [0.05, 0.1) is 11.6 Å². The molecular formula is C16H11Cl2NO. The molecule has 0 atom stereocenters. The highest BCUT2D eigenvalue weighted by molar-refractivity contribution is 6.30. The van der Waals surface area contributed by atoms with Gasteiger partial charge in [0.15, 0.2) is 0 Å². The van der Waals surface area contributed by atoms with E-state index >= 15 is 0 Å². The van der Waals surface area contributed by atoms with Crippen LogP contribution in [0.1, 0.15) is 5.69 Å². The predicted octanol–water partition coefficient (Wildman–Crippen LogP) is 5.42. The molecule has 20 heavy (non-hydrogen) atoms. The summed E-state index contributed by atoms with van der Waals surface area (Å²) >= 11 is 11.9. The van der Waals surface area contributed by atoms with Crippen LogP contribution in [0.2, 0.25) is 5.02 Å². The summed E-state index contributed by atoms with van der Waals surface area (Å²) in [5, 5.41) is 2.62. The van der Waals surface area contributed by atoms with E-state index in [9.17, 15) is 0 Å². The summed E-state index contributed by atoms with van der Waals surface area (Å²) < 4.78 is 5.86. The molecule has 0 aliphatic rings. The number of alkyl halides is 1. The van der Waals surface area contributed by atoms with Crippen molar-refractivity contribution < 1.29 is 4.74 Å². The van der Waals surface area contributed by atoms with Gasteiger partial charge in [-0.15, -0.1) is 11.6 Å². The zero-order valence-electron chi connectivity index (χ0n) is 10.5. The lowest BCUT2D eigenvalue weighted by Gasteiger charge is -2.10. The van der Waals surface area contributed by atoms with Crippen molar-refractivity contribution in [1.29, 1.82) is 0 Å². The van der Waals surface area contributed by atoms with Crippen molar-refractivity contribution in [3.63, 3.8) is 0 Å². The summed E-state index contributed by atoms with van der Waals surface area (Å²) in [6.45, 7) is 0. The average molecular weight is 304 g/mol. The van der Waals surface area contributed by atoms with Gasteiger partial charge in [-0.05, 0) is 35.7 Å². The molecule has 0 spiro atoms. The number of halogens is 2. The molecule has 1 heterocycles. The van der Waals surface area contributed by atoms with Crippen LogP contribution in [0, 0.1) is 0 Å². The standard InChI is InChI=1S/C16H11Cl2NO/c17-10-13-8-11-4-1-2-7-15(11)16(19-13)20-14-6-3-5-12(18)9-14/h1-9H,10H2. The minimum atomic E-state index is 0.344. The Hall–Kier alpha value is -1.77. The van der Waals surface area contributed by atoms with Crippen molar-refractivity contribution >= 4 is 34.0 Å². The Bertz CT molecular complexity index is 758. The fraction of sp³-hybridized carbons (Fsp3) is 0.0625. The lowest BCUT2D eigenvalue weighted by atomic mass is 10.1. The van der Waals surface area contributed by atoms with Crippen molar-refractivity contribution in [1.82, 2.24) is 4.98 Å². The molecule has 100 valence electrons. The largest absolute Gasteiger partial charge is 0.438 e. The summed E-state index contributed by atoms with van der Waals surface area (Å²) in [6.07, 6.45) is 0. The smallest absolute Gasteiger partial charge is 0.227 e. The monoisotopic (exact) mass is 303 g/mol. The molecule has 3 rings (SSSR count). The molecule has 3 aromatic rings. The predicted molar refractivity (Wildman–Crippen MR) is 82.8 cm³/mol. The van der Waals surface area contributed by atoms with Gasteiger partial charge < -0.3 is 4.74 Å². The number of hydrogen-bond donors (Lipinski definition) is 0. The number of aromatic nitrogens is 1. The van der Waals surface area contributed by atoms with E-state index in [1.165, 1.54) is 0 Å². The van der Waals surface area contributed by atoms with Crippen molar-refractivity contribution in [2.24, 2.45) is 0 Å². The van der Waals surface area contributed by atoms with E-state index < -0.39 is 0 Å². The minimum Gasteiger partial charge on any atom is -0.438 e. The molecule has 0 N–H and O–H groups in total. The fourth-order valence-corrected chi connectivity index (χ4v) is 2.33. The normalized spacial score (nSPS) is 10.7. The molecular weight excluding hydrogens is 293 g/mol. The van der Waals surface area contributed by atoms with Gasteiger partial charge in [-0.25, -0.2) is 4.98 Å². The maximum absolute atomic E-state index is 5.97. The van der Waals surface area contributed by atoms with Crippen LogP contribution in [0.4, 0.5) is 0 Å². The van der Waals surface area contributed by atoms with Crippen LogP contribution in [0.15, 0.2) is 54.6 Å². The summed E-state index contributed by atoms with van der Waals surface area (Å²) in [5.74, 6) is 1.54. The Morgan fingerprint density at radius 2 is 1.85 bits per heavy atom. The molecule has 0 bridgehead atoms. The highest BCUT2D eigenvalue weighted by Crippen LogP contribution is 2.30. The fourth-order valence-electron chi connectivity index (χ4n) is 2.01. The Morgan fingerprint density at radius 1 is 1.00 bits per heavy atom. The van der Waals surface area contributed by atoms with Crippen LogP contribution in [-0.2, 0) is 5.88 Å². The second kappa shape index (κ2) is 5.70. The molecule has 0 saturated carbocycles. The van der Waals surface area contributed by atoms with Gasteiger partial charge in [-0.3, -0.25) is 0 Å². The first-order valence-electron chi connectivity index (χ1n) is 6.14. The molecule has 0 aliphatic carbocycles. The van der Waals surface area contributed by atoms with Crippen molar-refractivity contribution in [2.45, 2.75) is 5.88 Å². The quantitative estimate of drug-likeness (QED) is 0.603. The van der Waals surface area contributed by atoms with Gasteiger partial charge >= 0.3 is 0 Å². The van der Waals surface area contributed by atoms with Crippen molar-refractivity contribution in [3.8, 4) is 11.6 Å². The van der Waals surface area contributed by atoms with Gasteiger partial charge in [-0.2, -0.15) is 0 Å². The first-order valence-corrected chi connectivity index (χ1v) is 7.05. The van der Waals surface area contributed by atoms with Gasteiger partial charge in [0.2, 0.25) is 5.88 Å². The van der Waals surface area contributed by atoms with Gasteiger partial charge in [0, 0.05) is 10.4 Å². The lowest BCUT2D eigenvalue weighted by Crippen LogP contribution is -1.93. The molecule has 1 aromatic heterocycles. The van der Waals surface area contributed by atoms with Crippen LogP contribution in [0.25, 0.3) is 10.8 Å². The SMILES string of the molecule is ClCc1cc2ccccc2c(Oc2cccc(Cl)c2)n1. The van der Waals surface area contributed by atoms with Gasteiger partial charge in [0.1, 0.15) is 5.75 Å². The van der Waals surface area contributed by atoms with Crippen LogP contribution in [0.3, 0.4) is 0 Å². The lowest BCUT2D eigenvalue weighted by molar-refractivity contribution is 0.468. The number of pyridine rings is 1. The van der Waals surface area contributed by atoms with E-state index in [1.54, 1.807) is 12.1 Å². The number of ether oxygens (including phenoxy) is 1. The molecule has 4 heteroatoms. The second-order valence-corrected chi connectivity index (χ2v) is 5.04. The van der Waals surface area contributed by atoms with Crippen LogP contribution in [-0.4, -0.2) is 4.98 Å². The van der Waals surface area contributed by atoms with Crippen LogP contribution in [0.5, 0.6) is 11.6 Å². The molecule has 0 fully saturated rings. The van der Waals surface area contributed by atoms with E-state index in [0.717, 1.165) is 16.5 Å². The summed E-state index contributed by atoms with van der Waals surface area (Å²) in [5.41, 5.74) is 0.780. The molecule has 0 aliphatic heterocycles. The summed E-state index contributed by atoms with van der Waals surface area (Å²) in [4.78, 5) is 4.45. The second-order valence-electron chi connectivity index (χ2n) is 4.33. The van der Waals surface area contributed by atoms with E-state index in [-0.39, 0.29) is 0 Å². The maximum Gasteiger partial charge on any atom is 0.227 e. The third kappa shape index (κ3) is 2.72. The van der Waals surface area contributed by atoms with E-state index in [1.807, 2.05) is 42.5 Å². The van der Waals surface area contributed by atoms with E-state index in [4.69, 9.17) is 27.9 Å². The number of benzene rings is 2. The first-order chi connectivity index (χ1) is 9.76. The molecule has 0 unspecified atom stereocenters. The Kier molecular flexibility index (Phi) is 3.77. The number of fused-ring (bicyclic) bond motifs is 1. The highest BCUT2D eigenvalue weighted by atomic mass is 35.5. The molecule has 2 aromatic carbocycles. The Morgan fingerprint density at radius 3 is 2.65 bits per heavy atom. The zero-order chi connectivity index (χ0) is 13.9. The van der Waals surface area contributed by atoms with Gasteiger partial charge in [0.25, 0.3) is 0 Å². The first kappa shape index (κ1) is 13.2. The molecule has 2 nitrogen and oxygen atoms in total. The minimum absolute atomic E-state index is 0.344. The van der Waals surface area contributed by atoms with Gasteiger partial charge in [-0.1, -0.05) is 35.9 Å². The average Bonchev–Trinajstić information content (AvgIpc) is 2.47. The van der Waals surface area contributed by atoms with Crippen molar-refractivity contribution in [3.05, 3.63) is 65.3 Å². The Balaban J connectivity index is 2.10. The number of rotatable bonds is 3. The van der Waals surface area contributed by atoms with E-state index in [0.29, 0.717) is 22.5 Å². The molecule has 0 saturated heterocycles. The third-order valence-electron chi connectivity index (χ3n) is 2.91.